The summed E-state index contributed by atoms with van der Waals surface area (Å²) in [5.41, 5.74) is 6.16. The summed E-state index contributed by atoms with van der Waals surface area (Å²) in [6.45, 7) is 0. The first-order valence-corrected chi connectivity index (χ1v) is 8.62. The third-order valence-corrected chi connectivity index (χ3v) is 4.24. The van der Waals surface area contributed by atoms with Gasteiger partial charge in [0.15, 0.2) is 0 Å². The number of rotatable bonds is 4. The molecule has 0 radical (unpaired) electrons. The largest absolute Gasteiger partial charge is 0.150 e. The van der Waals surface area contributed by atoms with Crippen molar-refractivity contribution in [2.75, 3.05) is 0 Å². The molecule has 0 heterocycles. The molecule has 4 rings (SSSR count). The molecule has 0 aliphatic carbocycles. The molecule has 124 valence electrons. The number of azo groups is 1. The summed E-state index contributed by atoms with van der Waals surface area (Å²) in [6.07, 6.45) is 0. The lowest BCUT2D eigenvalue weighted by Gasteiger charge is -2.06. The van der Waals surface area contributed by atoms with E-state index in [2.05, 4.69) is 46.6 Å². The molecule has 0 unspecified atom stereocenters. The van der Waals surface area contributed by atoms with E-state index in [0.29, 0.717) is 0 Å². The van der Waals surface area contributed by atoms with Crippen molar-refractivity contribution in [1.82, 2.24) is 0 Å². The van der Waals surface area contributed by atoms with E-state index >= 15 is 0 Å². The second-order valence-corrected chi connectivity index (χ2v) is 5.97. The lowest BCUT2D eigenvalue weighted by molar-refractivity contribution is 1.23. The Labute approximate surface area is 153 Å². The van der Waals surface area contributed by atoms with Crippen molar-refractivity contribution in [3.63, 3.8) is 0 Å². The summed E-state index contributed by atoms with van der Waals surface area (Å²) in [6, 6.07) is 36.7. The van der Waals surface area contributed by atoms with Crippen LogP contribution in [0.3, 0.4) is 0 Å². The molecule has 4 aromatic rings. The van der Waals surface area contributed by atoms with E-state index in [-0.39, 0.29) is 0 Å². The predicted octanol–water partition coefficient (Wildman–Crippen LogP) is 7.44. The maximum absolute atomic E-state index is 4.56. The average Bonchev–Trinajstić information content (AvgIpc) is 2.74. The first kappa shape index (κ1) is 16.0. The van der Waals surface area contributed by atoms with E-state index in [9.17, 15) is 0 Å². The molecule has 2 heteroatoms. The first-order valence-electron chi connectivity index (χ1n) is 8.62. The van der Waals surface area contributed by atoms with Crippen molar-refractivity contribution in [3.05, 3.63) is 109 Å². The molecular formula is C24H18N2. The molecule has 0 N–H and O–H groups in total. The average molecular weight is 334 g/mol. The molecule has 0 aromatic heterocycles. The van der Waals surface area contributed by atoms with Crippen molar-refractivity contribution in [3.8, 4) is 22.3 Å². The highest BCUT2D eigenvalue weighted by atomic mass is 15.1. The normalized spacial score (nSPS) is 10.9. The van der Waals surface area contributed by atoms with Gasteiger partial charge in [0.05, 0.1) is 11.4 Å². The van der Waals surface area contributed by atoms with Gasteiger partial charge in [-0.2, -0.15) is 0 Å². The highest BCUT2D eigenvalue weighted by Crippen LogP contribution is 2.34. The molecule has 0 bridgehead atoms. The second kappa shape index (κ2) is 7.58. The van der Waals surface area contributed by atoms with Crippen LogP contribution in [0.4, 0.5) is 11.4 Å². The molecule has 0 aliphatic rings. The monoisotopic (exact) mass is 334 g/mol. The zero-order valence-electron chi connectivity index (χ0n) is 14.3. The summed E-state index contributed by atoms with van der Waals surface area (Å²) in [5, 5.41) is 9.13. The highest BCUT2D eigenvalue weighted by Gasteiger charge is 2.05. The van der Waals surface area contributed by atoms with Crippen LogP contribution in [0.5, 0.6) is 0 Å². The van der Waals surface area contributed by atoms with E-state index < -0.39 is 0 Å². The summed E-state index contributed by atoms with van der Waals surface area (Å²) in [5.74, 6) is 0. The second-order valence-electron chi connectivity index (χ2n) is 5.97. The Hall–Kier alpha value is -3.52. The molecule has 0 atom stereocenters. The highest BCUT2D eigenvalue weighted by molar-refractivity contribution is 5.77. The Kier molecular flexibility index (Phi) is 4.66. The fourth-order valence-electron chi connectivity index (χ4n) is 2.95. The van der Waals surface area contributed by atoms with Gasteiger partial charge in [0.25, 0.3) is 0 Å². The van der Waals surface area contributed by atoms with Gasteiger partial charge in [-0.3, -0.25) is 0 Å². The van der Waals surface area contributed by atoms with Crippen molar-refractivity contribution >= 4 is 11.4 Å². The molecule has 2 nitrogen and oxygen atoms in total. The summed E-state index contributed by atoms with van der Waals surface area (Å²) >= 11 is 0. The van der Waals surface area contributed by atoms with E-state index in [1.807, 2.05) is 72.8 Å². The quantitative estimate of drug-likeness (QED) is 0.346. The summed E-state index contributed by atoms with van der Waals surface area (Å²) < 4.78 is 0. The molecule has 4 aromatic carbocycles. The Morgan fingerprint density at radius 1 is 0.346 bits per heavy atom. The van der Waals surface area contributed by atoms with Crippen LogP contribution in [0.15, 0.2) is 119 Å². The van der Waals surface area contributed by atoms with Crippen molar-refractivity contribution in [1.29, 1.82) is 0 Å². The molecule has 0 amide bonds. The van der Waals surface area contributed by atoms with Gasteiger partial charge in [-0.1, -0.05) is 97.1 Å². The minimum Gasteiger partial charge on any atom is -0.150 e. The van der Waals surface area contributed by atoms with Gasteiger partial charge in [-0.15, -0.1) is 10.2 Å². The van der Waals surface area contributed by atoms with Gasteiger partial charge < -0.3 is 0 Å². The summed E-state index contributed by atoms with van der Waals surface area (Å²) in [7, 11) is 0. The number of benzene rings is 4. The zero-order valence-corrected chi connectivity index (χ0v) is 14.3. The zero-order chi connectivity index (χ0) is 17.6. The lowest BCUT2D eigenvalue weighted by Crippen LogP contribution is -1.79. The van der Waals surface area contributed by atoms with Gasteiger partial charge in [-0.25, -0.2) is 0 Å². The number of nitrogens with zero attached hydrogens (tertiary/aromatic N) is 2. The number of hydrogen-bond donors (Lipinski definition) is 0. The fraction of sp³-hybridized carbons (Fsp3) is 0. The molecular weight excluding hydrogens is 316 g/mol. The fourth-order valence-corrected chi connectivity index (χ4v) is 2.95. The van der Waals surface area contributed by atoms with E-state index in [0.717, 1.165) is 33.6 Å². The Bertz CT molecular complexity index is 937. The van der Waals surface area contributed by atoms with Crippen LogP contribution in [0.1, 0.15) is 0 Å². The Morgan fingerprint density at radius 2 is 0.692 bits per heavy atom. The lowest BCUT2D eigenvalue weighted by atomic mass is 10.0. The van der Waals surface area contributed by atoms with Gasteiger partial charge in [0, 0.05) is 11.1 Å². The third-order valence-electron chi connectivity index (χ3n) is 4.24. The molecule has 0 saturated heterocycles. The van der Waals surface area contributed by atoms with Gasteiger partial charge >= 0.3 is 0 Å². The van der Waals surface area contributed by atoms with Gasteiger partial charge in [0.1, 0.15) is 0 Å². The minimum atomic E-state index is 0.863. The van der Waals surface area contributed by atoms with Crippen LogP contribution in [-0.2, 0) is 0 Å². The van der Waals surface area contributed by atoms with Crippen LogP contribution in [0.2, 0.25) is 0 Å². The topological polar surface area (TPSA) is 24.7 Å². The first-order chi connectivity index (χ1) is 12.9. The van der Waals surface area contributed by atoms with Gasteiger partial charge in [-0.05, 0) is 23.3 Å². The summed E-state index contributed by atoms with van der Waals surface area (Å²) in [4.78, 5) is 0. The Morgan fingerprint density at radius 3 is 1.12 bits per heavy atom. The van der Waals surface area contributed by atoms with Crippen LogP contribution >= 0.6 is 0 Å². The third kappa shape index (κ3) is 3.45. The van der Waals surface area contributed by atoms with Crippen LogP contribution in [-0.4, -0.2) is 0 Å². The van der Waals surface area contributed by atoms with E-state index in [4.69, 9.17) is 0 Å². The predicted molar refractivity (Wildman–Crippen MR) is 108 cm³/mol. The molecule has 26 heavy (non-hydrogen) atoms. The molecule has 0 fully saturated rings. The van der Waals surface area contributed by atoms with Crippen molar-refractivity contribution in [2.45, 2.75) is 0 Å². The SMILES string of the molecule is c1ccc(-c2ccccc2N=Nc2ccccc2-c2ccccc2)cc1. The minimum absolute atomic E-state index is 0.863. The molecule has 0 aliphatic heterocycles. The van der Waals surface area contributed by atoms with Crippen LogP contribution in [0.25, 0.3) is 22.3 Å². The van der Waals surface area contributed by atoms with Crippen LogP contribution < -0.4 is 0 Å². The van der Waals surface area contributed by atoms with E-state index in [1.165, 1.54) is 0 Å². The number of hydrogen-bond acceptors (Lipinski definition) is 2. The van der Waals surface area contributed by atoms with E-state index in [1.54, 1.807) is 0 Å². The van der Waals surface area contributed by atoms with Crippen molar-refractivity contribution in [2.24, 2.45) is 10.2 Å². The standard InChI is InChI=1S/C24H18N2/c1-3-11-19(12-4-1)21-15-7-9-17-23(21)25-26-24-18-10-8-16-22(24)20-13-5-2-6-14-20/h1-18H. The molecule has 0 saturated carbocycles. The van der Waals surface area contributed by atoms with Crippen LogP contribution in [0, 0.1) is 0 Å². The molecule has 0 spiro atoms. The Balaban J connectivity index is 1.73. The van der Waals surface area contributed by atoms with Gasteiger partial charge in [0.2, 0.25) is 0 Å². The smallest absolute Gasteiger partial charge is 0.0935 e. The van der Waals surface area contributed by atoms with Crippen molar-refractivity contribution < 1.29 is 0 Å². The maximum Gasteiger partial charge on any atom is 0.0935 e. The maximum atomic E-state index is 4.56.